The summed E-state index contributed by atoms with van der Waals surface area (Å²) in [4.78, 5) is 2.19. The van der Waals surface area contributed by atoms with Crippen molar-refractivity contribution in [1.82, 2.24) is 9.62 Å². The van der Waals surface area contributed by atoms with E-state index in [2.05, 4.69) is 25.5 Å². The van der Waals surface area contributed by atoms with E-state index in [0.717, 1.165) is 11.3 Å². The summed E-state index contributed by atoms with van der Waals surface area (Å²) in [6.07, 6.45) is 1.59. The molecule has 0 aliphatic heterocycles. The van der Waals surface area contributed by atoms with Gasteiger partial charge in [0.05, 0.1) is 17.2 Å². The third kappa shape index (κ3) is 4.47. The summed E-state index contributed by atoms with van der Waals surface area (Å²) in [5, 5.41) is 0. The highest BCUT2D eigenvalue weighted by molar-refractivity contribution is 7.89. The lowest BCUT2D eigenvalue weighted by Gasteiger charge is -2.23. The summed E-state index contributed by atoms with van der Waals surface area (Å²) in [5.74, 6) is 0.728. The second-order valence-corrected chi connectivity index (χ2v) is 8.89. The number of likely N-dealkylation sites (N-methyl/N-ethyl adjacent to an activating group) is 1. The zero-order valence-electron chi connectivity index (χ0n) is 14.9. The first-order valence-corrected chi connectivity index (χ1v) is 9.39. The van der Waals surface area contributed by atoms with E-state index in [-0.39, 0.29) is 22.9 Å². The van der Waals surface area contributed by atoms with E-state index in [1.807, 2.05) is 37.2 Å². The minimum absolute atomic E-state index is 0.00890. The van der Waals surface area contributed by atoms with Crippen molar-refractivity contribution in [1.29, 1.82) is 0 Å². The van der Waals surface area contributed by atoms with Gasteiger partial charge in [0, 0.05) is 6.54 Å². The number of sulfonamides is 1. The summed E-state index contributed by atoms with van der Waals surface area (Å²) >= 11 is 0. The standard InChI is InChI=1S/C18H26N2O3S/c1-18(2,3)14-8-10-15(11-9-14)24(21,22)19-13-16(20(4)5)17-7-6-12-23-17/h6-12,16,19H,13H2,1-5H3. The number of furan rings is 1. The van der Waals surface area contributed by atoms with E-state index in [1.54, 1.807) is 24.5 Å². The quantitative estimate of drug-likeness (QED) is 0.869. The van der Waals surface area contributed by atoms with Gasteiger partial charge in [0.1, 0.15) is 5.76 Å². The molecule has 0 spiro atoms. The van der Waals surface area contributed by atoms with Crippen molar-refractivity contribution in [2.75, 3.05) is 20.6 Å². The Morgan fingerprint density at radius 2 is 1.75 bits per heavy atom. The lowest BCUT2D eigenvalue weighted by atomic mass is 9.87. The van der Waals surface area contributed by atoms with Gasteiger partial charge in [0.15, 0.2) is 0 Å². The van der Waals surface area contributed by atoms with E-state index in [4.69, 9.17) is 4.42 Å². The second kappa shape index (κ2) is 7.09. The maximum absolute atomic E-state index is 12.5. The Kier molecular flexibility index (Phi) is 5.52. The van der Waals surface area contributed by atoms with E-state index in [0.29, 0.717) is 0 Å². The molecule has 5 nitrogen and oxygen atoms in total. The molecule has 2 aromatic rings. The van der Waals surface area contributed by atoms with Gasteiger partial charge in [-0.1, -0.05) is 32.9 Å². The summed E-state index contributed by atoms with van der Waals surface area (Å²) < 4.78 is 33.1. The zero-order chi connectivity index (χ0) is 18.0. The zero-order valence-corrected chi connectivity index (χ0v) is 15.7. The van der Waals surface area contributed by atoms with E-state index < -0.39 is 10.0 Å². The molecule has 1 aromatic carbocycles. The van der Waals surface area contributed by atoms with Crippen molar-refractivity contribution in [3.63, 3.8) is 0 Å². The Balaban J connectivity index is 2.13. The predicted molar refractivity (Wildman–Crippen MR) is 95.5 cm³/mol. The van der Waals surface area contributed by atoms with Crippen LogP contribution in [0.4, 0.5) is 0 Å². The fourth-order valence-electron chi connectivity index (χ4n) is 2.42. The van der Waals surface area contributed by atoms with Crippen molar-refractivity contribution in [3.05, 3.63) is 54.0 Å². The maximum Gasteiger partial charge on any atom is 0.240 e. The molecule has 0 saturated heterocycles. The van der Waals surface area contributed by atoms with E-state index in [9.17, 15) is 8.42 Å². The number of nitrogens with zero attached hydrogens (tertiary/aromatic N) is 1. The Morgan fingerprint density at radius 1 is 1.12 bits per heavy atom. The molecule has 1 atom stereocenters. The van der Waals surface area contributed by atoms with Crippen LogP contribution in [0.1, 0.15) is 38.1 Å². The van der Waals surface area contributed by atoms with Crippen molar-refractivity contribution < 1.29 is 12.8 Å². The van der Waals surface area contributed by atoms with Crippen LogP contribution in [-0.2, 0) is 15.4 Å². The van der Waals surface area contributed by atoms with Crippen molar-refractivity contribution in [2.45, 2.75) is 37.1 Å². The van der Waals surface area contributed by atoms with Crippen LogP contribution >= 0.6 is 0 Å². The van der Waals surface area contributed by atoms with Gasteiger partial charge in [0.25, 0.3) is 0 Å². The highest BCUT2D eigenvalue weighted by atomic mass is 32.2. The number of hydrogen-bond donors (Lipinski definition) is 1. The lowest BCUT2D eigenvalue weighted by Crippen LogP contribution is -2.34. The van der Waals surface area contributed by atoms with Crippen LogP contribution in [0.15, 0.2) is 52.0 Å². The smallest absolute Gasteiger partial charge is 0.240 e. The van der Waals surface area contributed by atoms with E-state index in [1.165, 1.54) is 0 Å². The number of rotatable bonds is 6. The van der Waals surface area contributed by atoms with Crippen LogP contribution in [0, 0.1) is 0 Å². The molecule has 1 aromatic heterocycles. The van der Waals surface area contributed by atoms with Gasteiger partial charge in [0.2, 0.25) is 10.0 Å². The molecule has 1 N–H and O–H groups in total. The van der Waals surface area contributed by atoms with Crippen LogP contribution in [0.25, 0.3) is 0 Å². The normalized spacial score (nSPS) is 14.1. The summed E-state index contributed by atoms with van der Waals surface area (Å²) in [7, 11) is 0.216. The molecule has 6 heteroatoms. The van der Waals surface area contributed by atoms with Crippen molar-refractivity contribution in [3.8, 4) is 0 Å². The minimum Gasteiger partial charge on any atom is -0.468 e. The fraction of sp³-hybridized carbons (Fsp3) is 0.444. The third-order valence-electron chi connectivity index (χ3n) is 3.99. The number of hydrogen-bond acceptors (Lipinski definition) is 4. The number of nitrogens with one attached hydrogen (secondary N) is 1. The molecule has 132 valence electrons. The van der Waals surface area contributed by atoms with Crippen molar-refractivity contribution in [2.24, 2.45) is 0 Å². The molecule has 24 heavy (non-hydrogen) atoms. The van der Waals surface area contributed by atoms with Crippen LogP contribution in [0.3, 0.4) is 0 Å². The molecule has 0 bridgehead atoms. The van der Waals surface area contributed by atoms with Gasteiger partial charge < -0.3 is 4.42 Å². The first-order valence-electron chi connectivity index (χ1n) is 7.91. The molecule has 1 heterocycles. The highest BCUT2D eigenvalue weighted by Crippen LogP contribution is 2.24. The maximum atomic E-state index is 12.5. The first-order chi connectivity index (χ1) is 11.1. The fourth-order valence-corrected chi connectivity index (χ4v) is 3.46. The summed E-state index contributed by atoms with van der Waals surface area (Å²) in [6, 6.07) is 10.5. The third-order valence-corrected chi connectivity index (χ3v) is 5.43. The van der Waals surface area contributed by atoms with Crippen LogP contribution in [-0.4, -0.2) is 34.0 Å². The Hall–Kier alpha value is -1.63. The van der Waals surface area contributed by atoms with Crippen LogP contribution in [0.5, 0.6) is 0 Å². The highest BCUT2D eigenvalue weighted by Gasteiger charge is 2.22. The minimum atomic E-state index is -3.56. The Morgan fingerprint density at radius 3 is 2.21 bits per heavy atom. The Bertz CT molecular complexity index is 743. The Labute approximate surface area is 144 Å². The van der Waals surface area contributed by atoms with Crippen molar-refractivity contribution >= 4 is 10.0 Å². The molecule has 2 rings (SSSR count). The van der Waals surface area contributed by atoms with Gasteiger partial charge >= 0.3 is 0 Å². The summed E-state index contributed by atoms with van der Waals surface area (Å²) in [5.41, 5.74) is 1.09. The average molecular weight is 350 g/mol. The van der Waals surface area contributed by atoms with Gasteiger partial charge in [-0.15, -0.1) is 0 Å². The van der Waals surface area contributed by atoms with Crippen LogP contribution in [0.2, 0.25) is 0 Å². The predicted octanol–water partition coefficient (Wildman–Crippen LogP) is 3.16. The van der Waals surface area contributed by atoms with Gasteiger partial charge in [-0.2, -0.15) is 0 Å². The molecule has 0 aliphatic rings. The second-order valence-electron chi connectivity index (χ2n) is 7.12. The molecule has 0 amide bonds. The largest absolute Gasteiger partial charge is 0.468 e. The van der Waals surface area contributed by atoms with Gasteiger partial charge in [-0.3, -0.25) is 4.90 Å². The van der Waals surface area contributed by atoms with Gasteiger partial charge in [-0.05, 0) is 49.3 Å². The van der Waals surface area contributed by atoms with E-state index >= 15 is 0 Å². The van der Waals surface area contributed by atoms with Crippen LogP contribution < -0.4 is 4.72 Å². The molecule has 0 radical (unpaired) electrons. The summed E-state index contributed by atoms with van der Waals surface area (Å²) in [6.45, 7) is 6.53. The molecule has 0 saturated carbocycles. The first kappa shape index (κ1) is 18.7. The molecule has 0 aliphatic carbocycles. The monoisotopic (exact) mass is 350 g/mol. The SMILES string of the molecule is CN(C)C(CNS(=O)(=O)c1ccc(C(C)(C)C)cc1)c1ccco1. The molecule has 0 fully saturated rings. The topological polar surface area (TPSA) is 62.6 Å². The van der Waals surface area contributed by atoms with Gasteiger partial charge in [-0.25, -0.2) is 13.1 Å². The average Bonchev–Trinajstić information content (AvgIpc) is 3.00. The lowest BCUT2D eigenvalue weighted by molar-refractivity contribution is 0.259. The molecular weight excluding hydrogens is 324 g/mol. The molecule has 1 unspecified atom stereocenters. The molecular formula is C18H26N2O3S. The number of benzene rings is 1.